The van der Waals surface area contributed by atoms with Crippen LogP contribution in [0.25, 0.3) is 0 Å². The molecule has 0 spiro atoms. The number of nitrogens with zero attached hydrogens (tertiary/aromatic N) is 2. The number of hydrogen-bond donors (Lipinski definition) is 1. The number of benzene rings is 3. The van der Waals surface area contributed by atoms with Crippen LogP contribution < -0.4 is 14.4 Å². The minimum absolute atomic E-state index is 0.0411. The third-order valence-corrected chi connectivity index (χ3v) is 8.16. The highest BCUT2D eigenvalue weighted by atomic mass is 32.2. The van der Waals surface area contributed by atoms with E-state index in [2.05, 4.69) is 5.32 Å². The number of rotatable bonds is 15. The van der Waals surface area contributed by atoms with Crippen molar-refractivity contribution in [3.63, 3.8) is 0 Å². The molecule has 3 rings (SSSR count). The molecule has 3 aromatic carbocycles. The molecular formula is C32H41N3O5S. The van der Waals surface area contributed by atoms with Crippen LogP contribution >= 0.6 is 0 Å². The van der Waals surface area contributed by atoms with Crippen molar-refractivity contribution >= 4 is 27.5 Å². The van der Waals surface area contributed by atoms with Crippen molar-refractivity contribution in [2.45, 2.75) is 58.2 Å². The molecule has 0 unspecified atom stereocenters. The van der Waals surface area contributed by atoms with Crippen molar-refractivity contribution in [1.82, 2.24) is 10.2 Å². The molecule has 1 N–H and O–H groups in total. The van der Waals surface area contributed by atoms with E-state index >= 15 is 0 Å². The molecule has 0 heterocycles. The van der Waals surface area contributed by atoms with Gasteiger partial charge in [0.25, 0.3) is 0 Å². The lowest BCUT2D eigenvalue weighted by molar-refractivity contribution is -0.141. The smallest absolute Gasteiger partial charge is 0.243 e. The molecule has 0 aliphatic carbocycles. The number of carbonyl (C=O) groups is 2. The van der Waals surface area contributed by atoms with Gasteiger partial charge in [-0.3, -0.25) is 13.9 Å². The monoisotopic (exact) mass is 579 g/mol. The molecule has 2 amide bonds. The number of sulfonamides is 1. The summed E-state index contributed by atoms with van der Waals surface area (Å²) >= 11 is 0. The van der Waals surface area contributed by atoms with Gasteiger partial charge in [0.2, 0.25) is 21.8 Å². The average Bonchev–Trinajstić information content (AvgIpc) is 2.97. The van der Waals surface area contributed by atoms with E-state index in [1.165, 1.54) is 11.4 Å². The summed E-state index contributed by atoms with van der Waals surface area (Å²) in [6.07, 6.45) is 2.62. The van der Waals surface area contributed by atoms with Crippen molar-refractivity contribution < 1.29 is 22.7 Å². The summed E-state index contributed by atoms with van der Waals surface area (Å²) in [6.45, 7) is 4.31. The van der Waals surface area contributed by atoms with Crippen LogP contribution in [0, 0.1) is 0 Å². The first-order valence-electron chi connectivity index (χ1n) is 13.9. The van der Waals surface area contributed by atoms with E-state index < -0.39 is 16.1 Å². The molecule has 0 radical (unpaired) electrons. The van der Waals surface area contributed by atoms with Gasteiger partial charge in [0.1, 0.15) is 11.8 Å². The molecule has 2 atom stereocenters. The van der Waals surface area contributed by atoms with Gasteiger partial charge in [-0.25, -0.2) is 8.42 Å². The van der Waals surface area contributed by atoms with Crippen molar-refractivity contribution in [3.8, 4) is 5.75 Å². The standard InChI is InChI=1S/C32H41N3O5S/c1-5-25(2)33-32(37)30(22-26-14-8-6-9-15-26)34(24-27-16-10-7-11-17-27)31(36)20-13-21-35(41(4,38)39)28-18-12-19-29(23-28)40-3/h6-12,14-19,23,25,30H,5,13,20-22,24H2,1-4H3,(H,33,37)/t25-,30+/m0/s1. The molecule has 220 valence electrons. The van der Waals surface area contributed by atoms with Gasteiger partial charge >= 0.3 is 0 Å². The number of nitrogens with one attached hydrogen (secondary N) is 1. The number of methoxy groups -OCH3 is 1. The molecule has 0 saturated carbocycles. The summed E-state index contributed by atoms with van der Waals surface area (Å²) in [4.78, 5) is 29.1. The third-order valence-electron chi connectivity index (χ3n) is 6.96. The van der Waals surface area contributed by atoms with Crippen LogP contribution in [0.3, 0.4) is 0 Å². The second-order valence-electron chi connectivity index (χ2n) is 10.2. The van der Waals surface area contributed by atoms with Crippen LogP contribution in [-0.2, 0) is 32.6 Å². The predicted octanol–water partition coefficient (Wildman–Crippen LogP) is 4.80. The van der Waals surface area contributed by atoms with Crippen molar-refractivity contribution in [3.05, 3.63) is 96.1 Å². The zero-order valence-corrected chi connectivity index (χ0v) is 25.1. The Bertz CT molecular complexity index is 1370. The SMILES string of the molecule is CC[C@H](C)NC(=O)[C@@H](Cc1ccccc1)N(Cc1ccccc1)C(=O)CCCN(c1cccc(OC)c1)S(C)(=O)=O. The highest BCUT2D eigenvalue weighted by Gasteiger charge is 2.31. The minimum atomic E-state index is -3.61. The number of carbonyl (C=O) groups excluding carboxylic acids is 2. The normalized spacial score (nSPS) is 12.7. The topological polar surface area (TPSA) is 96.0 Å². The zero-order chi connectivity index (χ0) is 29.8. The Balaban J connectivity index is 1.87. The maximum atomic E-state index is 13.9. The maximum Gasteiger partial charge on any atom is 0.243 e. The molecule has 0 bridgehead atoms. The van der Waals surface area contributed by atoms with E-state index in [1.807, 2.05) is 74.5 Å². The predicted molar refractivity (Wildman–Crippen MR) is 163 cm³/mol. The van der Waals surface area contributed by atoms with Crippen LogP contribution in [0.2, 0.25) is 0 Å². The molecule has 0 saturated heterocycles. The van der Waals surface area contributed by atoms with E-state index in [1.54, 1.807) is 29.2 Å². The van der Waals surface area contributed by atoms with Crippen molar-refractivity contribution in [1.29, 1.82) is 0 Å². The lowest BCUT2D eigenvalue weighted by Crippen LogP contribution is -2.52. The molecule has 9 heteroatoms. The quantitative estimate of drug-likeness (QED) is 0.279. The van der Waals surface area contributed by atoms with Crippen molar-refractivity contribution in [2.75, 3.05) is 24.2 Å². The minimum Gasteiger partial charge on any atom is -0.497 e. The summed E-state index contributed by atoms with van der Waals surface area (Å²) in [6, 6.07) is 25.3. The Kier molecular flexibility index (Phi) is 11.8. The van der Waals surface area contributed by atoms with E-state index in [-0.39, 0.29) is 43.8 Å². The Morgan fingerprint density at radius 1 is 0.927 bits per heavy atom. The first-order chi connectivity index (χ1) is 19.6. The highest BCUT2D eigenvalue weighted by molar-refractivity contribution is 7.92. The lowest BCUT2D eigenvalue weighted by Gasteiger charge is -2.32. The molecule has 41 heavy (non-hydrogen) atoms. The summed E-state index contributed by atoms with van der Waals surface area (Å²) in [7, 11) is -2.09. The van der Waals surface area contributed by atoms with E-state index in [0.29, 0.717) is 17.9 Å². The summed E-state index contributed by atoms with van der Waals surface area (Å²) in [5, 5.41) is 3.07. The first kappa shape index (κ1) is 31.7. The third kappa shape index (κ3) is 9.63. The fourth-order valence-electron chi connectivity index (χ4n) is 4.54. The molecule has 8 nitrogen and oxygen atoms in total. The van der Waals surface area contributed by atoms with E-state index in [4.69, 9.17) is 4.74 Å². The molecule has 3 aromatic rings. The number of hydrogen-bond acceptors (Lipinski definition) is 5. The fourth-order valence-corrected chi connectivity index (χ4v) is 5.50. The van der Waals surface area contributed by atoms with Crippen LogP contribution in [0.5, 0.6) is 5.75 Å². The molecule has 0 aromatic heterocycles. The number of anilines is 1. The first-order valence-corrected chi connectivity index (χ1v) is 15.8. The lowest BCUT2D eigenvalue weighted by atomic mass is 10.0. The van der Waals surface area contributed by atoms with Gasteiger partial charge in [-0.2, -0.15) is 0 Å². The Hall–Kier alpha value is -3.85. The van der Waals surface area contributed by atoms with Gasteiger partial charge in [-0.15, -0.1) is 0 Å². The fraction of sp³-hybridized carbons (Fsp3) is 0.375. The van der Waals surface area contributed by atoms with Crippen LogP contribution in [0.15, 0.2) is 84.9 Å². The summed E-state index contributed by atoms with van der Waals surface area (Å²) in [5.74, 6) is 0.118. The van der Waals surface area contributed by atoms with Gasteiger partial charge < -0.3 is 15.0 Å². The Morgan fingerprint density at radius 3 is 2.15 bits per heavy atom. The summed E-state index contributed by atoms with van der Waals surface area (Å²) in [5.41, 5.74) is 2.32. The molecule has 0 fully saturated rings. The van der Waals surface area contributed by atoms with E-state index in [9.17, 15) is 18.0 Å². The largest absolute Gasteiger partial charge is 0.497 e. The Morgan fingerprint density at radius 2 is 1.56 bits per heavy atom. The van der Waals surface area contributed by atoms with Gasteiger partial charge in [-0.05, 0) is 43.0 Å². The zero-order valence-electron chi connectivity index (χ0n) is 24.3. The van der Waals surface area contributed by atoms with Gasteiger partial charge in [0, 0.05) is 38.0 Å². The van der Waals surface area contributed by atoms with Crippen LogP contribution in [0.4, 0.5) is 5.69 Å². The number of amides is 2. The summed E-state index contributed by atoms with van der Waals surface area (Å²) < 4.78 is 31.8. The van der Waals surface area contributed by atoms with E-state index in [0.717, 1.165) is 23.8 Å². The van der Waals surface area contributed by atoms with Gasteiger partial charge in [0.15, 0.2) is 0 Å². The molecule has 0 aliphatic heterocycles. The maximum absolute atomic E-state index is 13.9. The van der Waals surface area contributed by atoms with Crippen LogP contribution in [0.1, 0.15) is 44.2 Å². The van der Waals surface area contributed by atoms with Gasteiger partial charge in [-0.1, -0.05) is 73.7 Å². The number of ether oxygens (including phenoxy) is 1. The van der Waals surface area contributed by atoms with Gasteiger partial charge in [0.05, 0.1) is 19.1 Å². The van der Waals surface area contributed by atoms with Crippen molar-refractivity contribution in [2.24, 2.45) is 0 Å². The second kappa shape index (κ2) is 15.2. The Labute approximate surface area is 244 Å². The average molecular weight is 580 g/mol. The molecule has 0 aliphatic rings. The second-order valence-corrected chi connectivity index (χ2v) is 12.1. The molecular weight excluding hydrogens is 538 g/mol. The highest BCUT2D eigenvalue weighted by Crippen LogP contribution is 2.24. The van der Waals surface area contributed by atoms with Crippen LogP contribution in [-0.4, -0.2) is 57.1 Å².